The number of rotatable bonds is 1. The molecule has 0 saturated carbocycles. The molecule has 2 N–H and O–H groups in total. The molecule has 1 aliphatic rings. The molecule has 2 heteroatoms. The van der Waals surface area contributed by atoms with Crippen LogP contribution in [0, 0.1) is 6.92 Å². The van der Waals surface area contributed by atoms with E-state index in [4.69, 9.17) is 5.73 Å². The normalized spacial score (nSPS) is 22.1. The lowest BCUT2D eigenvalue weighted by atomic mass is 9.93. The van der Waals surface area contributed by atoms with Crippen LogP contribution in [-0.2, 0) is 13.0 Å². The van der Waals surface area contributed by atoms with Crippen LogP contribution in [0.2, 0.25) is 0 Å². The van der Waals surface area contributed by atoms with Gasteiger partial charge >= 0.3 is 0 Å². The Bertz CT molecular complexity index is 333. The average Bonchev–Trinajstić information content (AvgIpc) is 2.16. The number of nitrogens with zero attached hydrogens (tertiary/aromatic N) is 1. The molecular formula is C12H18N2. The van der Waals surface area contributed by atoms with Gasteiger partial charge in [0.2, 0.25) is 0 Å². The van der Waals surface area contributed by atoms with E-state index in [1.807, 2.05) is 0 Å². The summed E-state index contributed by atoms with van der Waals surface area (Å²) >= 11 is 0. The quantitative estimate of drug-likeness (QED) is 0.723. The van der Waals surface area contributed by atoms with Crippen LogP contribution in [0.5, 0.6) is 0 Å². The van der Waals surface area contributed by atoms with Gasteiger partial charge in [-0.05, 0) is 31.5 Å². The number of fused-ring (bicyclic) bond motifs is 1. The molecule has 2 nitrogen and oxygen atoms in total. The molecule has 0 aliphatic carbocycles. The minimum atomic E-state index is 0.519. The van der Waals surface area contributed by atoms with E-state index in [1.165, 1.54) is 16.7 Å². The molecule has 0 unspecified atom stereocenters. The third-order valence-electron chi connectivity index (χ3n) is 3.13. The third kappa shape index (κ3) is 1.68. The highest BCUT2D eigenvalue weighted by atomic mass is 15.1. The Morgan fingerprint density at radius 3 is 2.93 bits per heavy atom. The fourth-order valence-electron chi connectivity index (χ4n) is 2.17. The van der Waals surface area contributed by atoms with Crippen LogP contribution in [0.1, 0.15) is 16.7 Å². The van der Waals surface area contributed by atoms with Crippen molar-refractivity contribution in [1.82, 2.24) is 4.90 Å². The summed E-state index contributed by atoms with van der Waals surface area (Å²) in [6, 6.07) is 7.25. The Labute approximate surface area is 85.7 Å². The van der Waals surface area contributed by atoms with Crippen molar-refractivity contribution in [2.24, 2.45) is 5.73 Å². The van der Waals surface area contributed by atoms with Crippen LogP contribution < -0.4 is 5.73 Å². The Kier molecular flexibility index (Phi) is 2.57. The SMILES string of the molecule is Cc1ccc2c(c1)CN(C)[C@@H](CN)C2. The number of nitrogens with two attached hydrogens (primary N) is 1. The molecule has 0 spiro atoms. The van der Waals surface area contributed by atoms with Crippen LogP contribution in [0.4, 0.5) is 0 Å². The van der Waals surface area contributed by atoms with Crippen molar-refractivity contribution in [3.63, 3.8) is 0 Å². The maximum atomic E-state index is 5.74. The minimum Gasteiger partial charge on any atom is -0.329 e. The van der Waals surface area contributed by atoms with Gasteiger partial charge in [0.25, 0.3) is 0 Å². The monoisotopic (exact) mass is 190 g/mol. The van der Waals surface area contributed by atoms with E-state index in [1.54, 1.807) is 0 Å². The summed E-state index contributed by atoms with van der Waals surface area (Å²) < 4.78 is 0. The molecule has 1 aromatic carbocycles. The fourth-order valence-corrected chi connectivity index (χ4v) is 2.17. The zero-order valence-corrected chi connectivity index (χ0v) is 8.96. The second-order valence-electron chi connectivity index (χ2n) is 4.28. The van der Waals surface area contributed by atoms with Gasteiger partial charge in [-0.2, -0.15) is 0 Å². The summed E-state index contributed by atoms with van der Waals surface area (Å²) in [7, 11) is 2.16. The predicted molar refractivity (Wildman–Crippen MR) is 59.2 cm³/mol. The molecule has 2 rings (SSSR count). The molecule has 1 atom stereocenters. The minimum absolute atomic E-state index is 0.519. The standard InChI is InChI=1S/C12H18N2/c1-9-3-4-10-6-12(7-13)14(2)8-11(10)5-9/h3-5,12H,6-8,13H2,1-2H3/t12-/m1/s1. The molecular weight excluding hydrogens is 172 g/mol. The number of benzene rings is 1. The molecule has 14 heavy (non-hydrogen) atoms. The lowest BCUT2D eigenvalue weighted by Crippen LogP contribution is -2.42. The summed E-state index contributed by atoms with van der Waals surface area (Å²) in [5.41, 5.74) is 10.0. The van der Waals surface area contributed by atoms with Gasteiger partial charge in [-0.3, -0.25) is 4.90 Å². The van der Waals surface area contributed by atoms with Crippen LogP contribution in [0.15, 0.2) is 18.2 Å². The smallest absolute Gasteiger partial charge is 0.0259 e. The molecule has 1 aliphatic heterocycles. The lowest BCUT2D eigenvalue weighted by Gasteiger charge is -2.33. The van der Waals surface area contributed by atoms with Gasteiger partial charge in [0, 0.05) is 19.1 Å². The first-order valence-corrected chi connectivity index (χ1v) is 5.19. The Morgan fingerprint density at radius 2 is 2.21 bits per heavy atom. The van der Waals surface area contributed by atoms with Crippen molar-refractivity contribution < 1.29 is 0 Å². The summed E-state index contributed by atoms with van der Waals surface area (Å²) in [5.74, 6) is 0. The van der Waals surface area contributed by atoms with Gasteiger partial charge in [0.1, 0.15) is 0 Å². The van der Waals surface area contributed by atoms with Crippen LogP contribution in [-0.4, -0.2) is 24.5 Å². The average molecular weight is 190 g/mol. The van der Waals surface area contributed by atoms with Crippen molar-refractivity contribution in [3.05, 3.63) is 34.9 Å². The van der Waals surface area contributed by atoms with Gasteiger partial charge in [-0.15, -0.1) is 0 Å². The molecule has 1 aromatic rings. The fraction of sp³-hybridized carbons (Fsp3) is 0.500. The van der Waals surface area contributed by atoms with E-state index >= 15 is 0 Å². The molecule has 0 aromatic heterocycles. The van der Waals surface area contributed by atoms with Crippen molar-refractivity contribution >= 4 is 0 Å². The van der Waals surface area contributed by atoms with E-state index in [0.717, 1.165) is 19.5 Å². The van der Waals surface area contributed by atoms with Gasteiger partial charge in [-0.1, -0.05) is 23.8 Å². The van der Waals surface area contributed by atoms with E-state index in [9.17, 15) is 0 Å². The number of hydrogen-bond donors (Lipinski definition) is 1. The summed E-state index contributed by atoms with van der Waals surface area (Å²) in [5, 5.41) is 0. The number of aryl methyl sites for hydroxylation is 1. The number of hydrogen-bond acceptors (Lipinski definition) is 2. The Morgan fingerprint density at radius 1 is 1.43 bits per heavy atom. The van der Waals surface area contributed by atoms with Crippen LogP contribution in [0.25, 0.3) is 0 Å². The zero-order valence-electron chi connectivity index (χ0n) is 8.96. The summed E-state index contributed by atoms with van der Waals surface area (Å²) in [6.07, 6.45) is 1.10. The maximum Gasteiger partial charge on any atom is 0.0259 e. The molecule has 0 saturated heterocycles. The molecule has 0 radical (unpaired) electrons. The predicted octanol–water partition coefficient (Wildman–Crippen LogP) is 1.31. The molecule has 0 amide bonds. The highest BCUT2D eigenvalue weighted by Crippen LogP contribution is 2.22. The molecule has 1 heterocycles. The highest BCUT2D eigenvalue weighted by molar-refractivity contribution is 5.33. The summed E-state index contributed by atoms with van der Waals surface area (Å²) in [4.78, 5) is 2.35. The third-order valence-corrected chi connectivity index (χ3v) is 3.13. The Balaban J connectivity index is 2.30. The largest absolute Gasteiger partial charge is 0.329 e. The van der Waals surface area contributed by atoms with E-state index in [2.05, 4.69) is 37.1 Å². The second kappa shape index (κ2) is 3.71. The second-order valence-corrected chi connectivity index (χ2v) is 4.28. The van der Waals surface area contributed by atoms with Crippen LogP contribution in [0.3, 0.4) is 0 Å². The van der Waals surface area contributed by atoms with E-state index < -0.39 is 0 Å². The van der Waals surface area contributed by atoms with Gasteiger partial charge in [0.05, 0.1) is 0 Å². The zero-order chi connectivity index (χ0) is 10.1. The Hall–Kier alpha value is -0.860. The first-order valence-electron chi connectivity index (χ1n) is 5.19. The van der Waals surface area contributed by atoms with Gasteiger partial charge in [0.15, 0.2) is 0 Å². The molecule has 76 valence electrons. The van der Waals surface area contributed by atoms with Gasteiger partial charge in [-0.25, -0.2) is 0 Å². The van der Waals surface area contributed by atoms with E-state index in [0.29, 0.717) is 6.04 Å². The van der Waals surface area contributed by atoms with Gasteiger partial charge < -0.3 is 5.73 Å². The van der Waals surface area contributed by atoms with Crippen molar-refractivity contribution in [2.75, 3.05) is 13.6 Å². The van der Waals surface area contributed by atoms with Crippen molar-refractivity contribution in [3.8, 4) is 0 Å². The van der Waals surface area contributed by atoms with E-state index in [-0.39, 0.29) is 0 Å². The van der Waals surface area contributed by atoms with Crippen LogP contribution >= 0.6 is 0 Å². The first-order chi connectivity index (χ1) is 6.70. The molecule has 0 bridgehead atoms. The number of likely N-dealkylation sites (N-methyl/N-ethyl adjacent to an activating group) is 1. The van der Waals surface area contributed by atoms with Crippen molar-refractivity contribution in [1.29, 1.82) is 0 Å². The summed E-state index contributed by atoms with van der Waals surface area (Å²) in [6.45, 7) is 3.94. The highest BCUT2D eigenvalue weighted by Gasteiger charge is 2.21. The lowest BCUT2D eigenvalue weighted by molar-refractivity contribution is 0.220. The first kappa shape index (κ1) is 9.69. The maximum absolute atomic E-state index is 5.74. The topological polar surface area (TPSA) is 29.3 Å². The molecule has 0 fully saturated rings. The van der Waals surface area contributed by atoms with Crippen molar-refractivity contribution in [2.45, 2.75) is 25.9 Å².